The van der Waals surface area contributed by atoms with Gasteiger partial charge in [0.2, 0.25) is 0 Å². The minimum Gasteiger partial charge on any atom is -0.378 e. The lowest BCUT2D eigenvalue weighted by atomic mass is 9.82. The van der Waals surface area contributed by atoms with Gasteiger partial charge in [-0.3, -0.25) is 0 Å². The van der Waals surface area contributed by atoms with Crippen LogP contribution in [0.4, 0.5) is 0 Å². The molecule has 0 aromatic rings. The summed E-state index contributed by atoms with van der Waals surface area (Å²) in [6, 6.07) is 0. The van der Waals surface area contributed by atoms with Crippen molar-refractivity contribution in [3.8, 4) is 0 Å². The molecule has 5 nitrogen and oxygen atoms in total. The first-order chi connectivity index (χ1) is 10.8. The Morgan fingerprint density at radius 3 is 1.41 bits per heavy atom. The summed E-state index contributed by atoms with van der Waals surface area (Å²) in [6.45, 7) is 10.9. The summed E-state index contributed by atoms with van der Waals surface area (Å²) in [6.07, 6.45) is 4.64. The fraction of sp³-hybridized carbons (Fsp3) is 1.00. The third-order valence-electron chi connectivity index (χ3n) is 4.12. The molecule has 0 bridgehead atoms. The molecule has 0 amide bonds. The van der Waals surface area contributed by atoms with E-state index in [9.17, 15) is 0 Å². The van der Waals surface area contributed by atoms with Gasteiger partial charge >= 0.3 is 0 Å². The highest BCUT2D eigenvalue weighted by Crippen LogP contribution is 2.30. The molecule has 132 valence electrons. The van der Waals surface area contributed by atoms with E-state index in [0.29, 0.717) is 52.9 Å². The third-order valence-corrected chi connectivity index (χ3v) is 4.12. The number of rotatable bonds is 4. The predicted octanol–water partition coefficient (Wildman–Crippen LogP) is 2.67. The van der Waals surface area contributed by atoms with Crippen LogP contribution in [0.1, 0.15) is 39.5 Å². The van der Waals surface area contributed by atoms with Crippen LogP contribution in [0.25, 0.3) is 0 Å². The molecule has 22 heavy (non-hydrogen) atoms. The molecule has 5 heteroatoms. The molecule has 0 aromatic carbocycles. The second kappa shape index (κ2) is 13.3. The predicted molar refractivity (Wildman–Crippen MR) is 86.3 cm³/mol. The lowest BCUT2D eigenvalue weighted by Gasteiger charge is -2.32. The van der Waals surface area contributed by atoms with Crippen LogP contribution in [0, 0.1) is 5.41 Å². The summed E-state index contributed by atoms with van der Waals surface area (Å²) in [5.41, 5.74) is 0.121. The monoisotopic (exact) mass is 318 g/mol. The van der Waals surface area contributed by atoms with Crippen LogP contribution >= 0.6 is 0 Å². The number of hydrogen-bond acceptors (Lipinski definition) is 5. The summed E-state index contributed by atoms with van der Waals surface area (Å²) in [5.74, 6) is 0. The van der Waals surface area contributed by atoms with Crippen molar-refractivity contribution in [1.82, 2.24) is 0 Å². The minimum atomic E-state index is 0.121. The summed E-state index contributed by atoms with van der Waals surface area (Å²) in [7, 11) is 0. The number of unbranched alkanes of at least 4 members (excludes halogenated alkanes) is 1. The SMILES string of the molecule is CCCCC1(CC)COCCOCCOCCOCCOC1. The molecule has 1 heterocycles. The summed E-state index contributed by atoms with van der Waals surface area (Å²) >= 11 is 0. The fourth-order valence-corrected chi connectivity index (χ4v) is 2.47. The van der Waals surface area contributed by atoms with Crippen LogP contribution < -0.4 is 0 Å². The van der Waals surface area contributed by atoms with E-state index < -0.39 is 0 Å². The Morgan fingerprint density at radius 1 is 0.636 bits per heavy atom. The average molecular weight is 318 g/mol. The Kier molecular flexibility index (Phi) is 12.0. The van der Waals surface area contributed by atoms with Crippen LogP contribution in [0.5, 0.6) is 0 Å². The van der Waals surface area contributed by atoms with Gasteiger partial charge in [-0.15, -0.1) is 0 Å². The molecule has 0 aliphatic carbocycles. The molecule has 0 N–H and O–H groups in total. The topological polar surface area (TPSA) is 46.2 Å². The van der Waals surface area contributed by atoms with Crippen molar-refractivity contribution < 1.29 is 23.7 Å². The molecule has 0 spiro atoms. The van der Waals surface area contributed by atoms with E-state index in [1.165, 1.54) is 12.8 Å². The van der Waals surface area contributed by atoms with Crippen molar-refractivity contribution in [2.45, 2.75) is 39.5 Å². The fourth-order valence-electron chi connectivity index (χ4n) is 2.47. The molecule has 1 aliphatic heterocycles. The van der Waals surface area contributed by atoms with Crippen LogP contribution in [-0.4, -0.2) is 66.1 Å². The summed E-state index contributed by atoms with van der Waals surface area (Å²) in [4.78, 5) is 0. The van der Waals surface area contributed by atoms with Gasteiger partial charge in [0.25, 0.3) is 0 Å². The average Bonchev–Trinajstić information content (AvgIpc) is 2.54. The van der Waals surface area contributed by atoms with Gasteiger partial charge in [-0.2, -0.15) is 0 Å². The minimum absolute atomic E-state index is 0.121. The second-order valence-electron chi connectivity index (χ2n) is 5.90. The van der Waals surface area contributed by atoms with Crippen LogP contribution in [0.15, 0.2) is 0 Å². The van der Waals surface area contributed by atoms with E-state index in [1.54, 1.807) is 0 Å². The van der Waals surface area contributed by atoms with E-state index in [0.717, 1.165) is 26.1 Å². The normalized spacial score (nSPS) is 23.2. The Labute approximate surface area is 135 Å². The molecule has 1 fully saturated rings. The molecule has 1 saturated heterocycles. The highest BCUT2D eigenvalue weighted by molar-refractivity contribution is 4.77. The van der Waals surface area contributed by atoms with Crippen LogP contribution in [-0.2, 0) is 23.7 Å². The zero-order chi connectivity index (χ0) is 15.9. The van der Waals surface area contributed by atoms with E-state index in [2.05, 4.69) is 13.8 Å². The molecule has 0 saturated carbocycles. The molecule has 1 rings (SSSR count). The maximum atomic E-state index is 5.86. The van der Waals surface area contributed by atoms with Crippen molar-refractivity contribution in [2.24, 2.45) is 5.41 Å². The lowest BCUT2D eigenvalue weighted by molar-refractivity contribution is -0.0650. The van der Waals surface area contributed by atoms with Gasteiger partial charge in [0.05, 0.1) is 66.1 Å². The van der Waals surface area contributed by atoms with Crippen molar-refractivity contribution in [3.63, 3.8) is 0 Å². The van der Waals surface area contributed by atoms with Gasteiger partial charge in [-0.1, -0.05) is 26.7 Å². The second-order valence-corrected chi connectivity index (χ2v) is 5.90. The van der Waals surface area contributed by atoms with Crippen molar-refractivity contribution in [1.29, 1.82) is 0 Å². The first-order valence-corrected chi connectivity index (χ1v) is 8.72. The Morgan fingerprint density at radius 2 is 1.05 bits per heavy atom. The maximum Gasteiger partial charge on any atom is 0.0701 e. The quantitative estimate of drug-likeness (QED) is 0.797. The van der Waals surface area contributed by atoms with Crippen molar-refractivity contribution >= 4 is 0 Å². The largest absolute Gasteiger partial charge is 0.378 e. The molecule has 0 radical (unpaired) electrons. The third kappa shape index (κ3) is 9.06. The first-order valence-electron chi connectivity index (χ1n) is 8.72. The van der Waals surface area contributed by atoms with Crippen molar-refractivity contribution in [2.75, 3.05) is 66.1 Å². The van der Waals surface area contributed by atoms with E-state index in [1.807, 2.05) is 0 Å². The number of ether oxygens (including phenoxy) is 5. The maximum absolute atomic E-state index is 5.86. The van der Waals surface area contributed by atoms with Crippen LogP contribution in [0.2, 0.25) is 0 Å². The van der Waals surface area contributed by atoms with E-state index >= 15 is 0 Å². The molecule has 0 atom stereocenters. The van der Waals surface area contributed by atoms with E-state index in [4.69, 9.17) is 23.7 Å². The van der Waals surface area contributed by atoms with Gasteiger partial charge in [0.1, 0.15) is 0 Å². The van der Waals surface area contributed by atoms with Gasteiger partial charge < -0.3 is 23.7 Å². The molecule has 0 unspecified atom stereocenters. The standard InChI is InChI=1S/C17H34O5/c1-3-5-6-17(4-2)15-21-13-11-19-9-7-18-8-10-20-12-14-22-16-17/h3-16H2,1-2H3. The smallest absolute Gasteiger partial charge is 0.0701 e. The molecule has 1 aliphatic rings. The molecular weight excluding hydrogens is 284 g/mol. The highest BCUT2D eigenvalue weighted by atomic mass is 16.6. The van der Waals surface area contributed by atoms with Gasteiger partial charge in [0.15, 0.2) is 0 Å². The summed E-state index contributed by atoms with van der Waals surface area (Å²) < 4.78 is 28.1. The van der Waals surface area contributed by atoms with E-state index in [-0.39, 0.29) is 5.41 Å². The van der Waals surface area contributed by atoms with Crippen LogP contribution in [0.3, 0.4) is 0 Å². The first kappa shape index (κ1) is 19.8. The molecular formula is C17H34O5. The Balaban J connectivity index is 2.43. The van der Waals surface area contributed by atoms with Gasteiger partial charge in [0, 0.05) is 5.41 Å². The zero-order valence-corrected chi connectivity index (χ0v) is 14.4. The highest BCUT2D eigenvalue weighted by Gasteiger charge is 2.28. The van der Waals surface area contributed by atoms with Gasteiger partial charge in [-0.05, 0) is 12.8 Å². The molecule has 0 aromatic heterocycles. The lowest BCUT2D eigenvalue weighted by Crippen LogP contribution is -2.33. The van der Waals surface area contributed by atoms with Gasteiger partial charge in [-0.25, -0.2) is 0 Å². The Bertz CT molecular complexity index is 231. The zero-order valence-electron chi connectivity index (χ0n) is 14.4. The number of hydrogen-bond donors (Lipinski definition) is 0. The van der Waals surface area contributed by atoms with Crippen molar-refractivity contribution in [3.05, 3.63) is 0 Å². The summed E-state index contributed by atoms with van der Waals surface area (Å²) in [5, 5.41) is 0. The Hall–Kier alpha value is -0.200.